The highest BCUT2D eigenvalue weighted by Gasteiger charge is 2.20. The Morgan fingerprint density at radius 1 is 1.11 bits per heavy atom. The average molecular weight is 384 g/mol. The van der Waals surface area contributed by atoms with Crippen LogP contribution >= 0.6 is 0 Å². The van der Waals surface area contributed by atoms with Gasteiger partial charge in [-0.1, -0.05) is 0 Å². The van der Waals surface area contributed by atoms with Gasteiger partial charge in [0, 0.05) is 24.3 Å². The second-order valence-corrected chi connectivity index (χ2v) is 6.23. The van der Waals surface area contributed by atoms with Crippen LogP contribution in [0.25, 0.3) is 0 Å². The Balaban J connectivity index is 1.79. The normalized spacial score (nSPS) is 13.7. The van der Waals surface area contributed by atoms with Gasteiger partial charge in [-0.15, -0.1) is 0 Å². The van der Waals surface area contributed by atoms with Gasteiger partial charge in [-0.05, 0) is 49.4 Å². The number of amides is 1. The largest absolute Gasteiger partial charge is 0.494 e. The molecule has 1 saturated heterocycles. The number of morpholine rings is 1. The van der Waals surface area contributed by atoms with E-state index in [1.807, 2.05) is 13.0 Å². The first-order valence-corrected chi connectivity index (χ1v) is 9.21. The van der Waals surface area contributed by atoms with Crippen LogP contribution in [0, 0.1) is 0 Å². The number of nitrogens with zero attached hydrogens (tertiary/aromatic N) is 1. The van der Waals surface area contributed by atoms with Crippen LogP contribution in [-0.4, -0.2) is 51.9 Å². The number of carbonyl (C=O) groups is 2. The minimum absolute atomic E-state index is 0.266. The van der Waals surface area contributed by atoms with Gasteiger partial charge in [0.05, 0.1) is 38.2 Å². The highest BCUT2D eigenvalue weighted by molar-refractivity contribution is 6.05. The molecule has 2 aromatic carbocycles. The van der Waals surface area contributed by atoms with Crippen LogP contribution in [-0.2, 0) is 9.47 Å². The number of rotatable bonds is 6. The molecule has 0 aliphatic carbocycles. The molecule has 28 heavy (non-hydrogen) atoms. The summed E-state index contributed by atoms with van der Waals surface area (Å²) in [5, 5.41) is 2.83. The summed E-state index contributed by atoms with van der Waals surface area (Å²) in [6.45, 7) is 5.08. The van der Waals surface area contributed by atoms with E-state index in [9.17, 15) is 9.59 Å². The van der Waals surface area contributed by atoms with Crippen molar-refractivity contribution in [3.8, 4) is 5.75 Å². The van der Waals surface area contributed by atoms with E-state index in [1.165, 1.54) is 7.11 Å². The molecule has 1 aliphatic heterocycles. The number of methoxy groups -OCH3 is 1. The molecule has 7 nitrogen and oxygen atoms in total. The van der Waals surface area contributed by atoms with E-state index in [1.54, 1.807) is 36.4 Å². The van der Waals surface area contributed by atoms with Crippen molar-refractivity contribution in [2.75, 3.05) is 50.2 Å². The van der Waals surface area contributed by atoms with Crippen LogP contribution in [0.5, 0.6) is 5.75 Å². The first-order chi connectivity index (χ1) is 13.6. The summed E-state index contributed by atoms with van der Waals surface area (Å²) < 4.78 is 15.7. The van der Waals surface area contributed by atoms with Crippen molar-refractivity contribution in [3.63, 3.8) is 0 Å². The van der Waals surface area contributed by atoms with Crippen LogP contribution in [0.4, 0.5) is 11.4 Å². The van der Waals surface area contributed by atoms with E-state index in [2.05, 4.69) is 10.2 Å². The van der Waals surface area contributed by atoms with E-state index in [4.69, 9.17) is 14.2 Å². The zero-order valence-corrected chi connectivity index (χ0v) is 16.1. The lowest BCUT2D eigenvalue weighted by Crippen LogP contribution is -2.37. The van der Waals surface area contributed by atoms with Crippen molar-refractivity contribution in [1.29, 1.82) is 0 Å². The van der Waals surface area contributed by atoms with E-state index in [-0.39, 0.29) is 5.91 Å². The van der Waals surface area contributed by atoms with Crippen LogP contribution in [0.2, 0.25) is 0 Å². The van der Waals surface area contributed by atoms with Crippen LogP contribution < -0.4 is 15.0 Å². The van der Waals surface area contributed by atoms with E-state index < -0.39 is 5.97 Å². The van der Waals surface area contributed by atoms with E-state index in [0.717, 1.165) is 5.69 Å². The topological polar surface area (TPSA) is 77.1 Å². The summed E-state index contributed by atoms with van der Waals surface area (Å²) in [6, 6.07) is 12.1. The summed E-state index contributed by atoms with van der Waals surface area (Å²) in [7, 11) is 1.34. The smallest absolute Gasteiger partial charge is 0.340 e. The Labute approximate surface area is 164 Å². The standard InChI is InChI=1S/C21H24N2O5/c1-3-28-17-7-4-15(5-8-17)20(24)22-16-6-9-19(18(14-16)21(25)26-2)23-10-12-27-13-11-23/h4-9,14H,3,10-13H2,1-2H3,(H,22,24). The molecular weight excluding hydrogens is 360 g/mol. The van der Waals surface area contributed by atoms with Crippen LogP contribution in [0.1, 0.15) is 27.6 Å². The van der Waals surface area contributed by atoms with Gasteiger partial charge in [0.1, 0.15) is 5.75 Å². The molecule has 0 saturated carbocycles. The number of nitrogens with one attached hydrogen (secondary N) is 1. The van der Waals surface area contributed by atoms with E-state index >= 15 is 0 Å². The fourth-order valence-corrected chi connectivity index (χ4v) is 3.04. The lowest BCUT2D eigenvalue weighted by atomic mass is 10.1. The zero-order valence-electron chi connectivity index (χ0n) is 16.1. The molecule has 1 amide bonds. The number of hydrogen-bond donors (Lipinski definition) is 1. The lowest BCUT2D eigenvalue weighted by molar-refractivity contribution is 0.0600. The molecule has 0 aromatic heterocycles. The number of esters is 1. The van der Waals surface area contributed by atoms with Crippen molar-refractivity contribution in [2.45, 2.75) is 6.92 Å². The maximum atomic E-state index is 12.5. The van der Waals surface area contributed by atoms with Gasteiger partial charge in [0.2, 0.25) is 0 Å². The molecular formula is C21H24N2O5. The fraction of sp³-hybridized carbons (Fsp3) is 0.333. The number of anilines is 2. The first-order valence-electron chi connectivity index (χ1n) is 9.21. The van der Waals surface area contributed by atoms with Crippen molar-refractivity contribution in [2.24, 2.45) is 0 Å². The van der Waals surface area contributed by atoms with Gasteiger partial charge in [-0.25, -0.2) is 4.79 Å². The molecule has 0 bridgehead atoms. The fourth-order valence-electron chi connectivity index (χ4n) is 3.04. The molecule has 0 unspecified atom stereocenters. The average Bonchev–Trinajstić information content (AvgIpc) is 2.74. The Bertz CT molecular complexity index is 829. The van der Waals surface area contributed by atoms with E-state index in [0.29, 0.717) is 55.5 Å². The van der Waals surface area contributed by atoms with Gasteiger partial charge >= 0.3 is 5.97 Å². The predicted molar refractivity (Wildman–Crippen MR) is 106 cm³/mol. The molecule has 3 rings (SSSR count). The Morgan fingerprint density at radius 3 is 2.46 bits per heavy atom. The molecule has 1 heterocycles. The molecule has 1 aliphatic rings. The minimum atomic E-state index is -0.446. The quantitative estimate of drug-likeness (QED) is 0.772. The van der Waals surface area contributed by atoms with Gasteiger partial charge in [-0.3, -0.25) is 4.79 Å². The van der Waals surface area contributed by atoms with Crippen LogP contribution in [0.15, 0.2) is 42.5 Å². The molecule has 1 N–H and O–H groups in total. The van der Waals surface area contributed by atoms with Gasteiger partial charge in [0.25, 0.3) is 5.91 Å². The summed E-state index contributed by atoms with van der Waals surface area (Å²) in [5.41, 5.74) is 2.21. The van der Waals surface area contributed by atoms with Gasteiger partial charge in [0.15, 0.2) is 0 Å². The third-order valence-corrected chi connectivity index (χ3v) is 4.44. The van der Waals surface area contributed by atoms with Crippen molar-refractivity contribution >= 4 is 23.3 Å². The molecule has 0 spiro atoms. The Morgan fingerprint density at radius 2 is 1.82 bits per heavy atom. The zero-order chi connectivity index (χ0) is 19.9. The summed E-state index contributed by atoms with van der Waals surface area (Å²) in [5.74, 6) is -0.00136. The third kappa shape index (κ3) is 4.61. The number of ether oxygens (including phenoxy) is 3. The van der Waals surface area contributed by atoms with Crippen molar-refractivity contribution < 1.29 is 23.8 Å². The second-order valence-electron chi connectivity index (χ2n) is 6.23. The summed E-state index contributed by atoms with van der Waals surface area (Å²) in [4.78, 5) is 26.9. The first kappa shape index (κ1) is 19.7. The molecule has 1 fully saturated rings. The SMILES string of the molecule is CCOc1ccc(C(=O)Nc2ccc(N3CCOCC3)c(C(=O)OC)c2)cc1. The van der Waals surface area contributed by atoms with Crippen LogP contribution in [0.3, 0.4) is 0 Å². The highest BCUT2D eigenvalue weighted by Crippen LogP contribution is 2.26. The number of hydrogen-bond acceptors (Lipinski definition) is 6. The molecule has 0 radical (unpaired) electrons. The molecule has 0 atom stereocenters. The second kappa shape index (κ2) is 9.23. The Kier molecular flexibility index (Phi) is 6.49. The number of benzene rings is 2. The van der Waals surface area contributed by atoms with Crippen molar-refractivity contribution in [1.82, 2.24) is 0 Å². The highest BCUT2D eigenvalue weighted by atomic mass is 16.5. The molecule has 7 heteroatoms. The monoisotopic (exact) mass is 384 g/mol. The Hall–Kier alpha value is -3.06. The summed E-state index contributed by atoms with van der Waals surface area (Å²) >= 11 is 0. The third-order valence-electron chi connectivity index (χ3n) is 4.44. The summed E-state index contributed by atoms with van der Waals surface area (Å²) in [6.07, 6.45) is 0. The lowest BCUT2D eigenvalue weighted by Gasteiger charge is -2.30. The number of carbonyl (C=O) groups excluding carboxylic acids is 2. The van der Waals surface area contributed by atoms with Gasteiger partial charge < -0.3 is 24.4 Å². The molecule has 2 aromatic rings. The minimum Gasteiger partial charge on any atom is -0.494 e. The predicted octanol–water partition coefficient (Wildman–Crippen LogP) is 2.96. The van der Waals surface area contributed by atoms with Crippen molar-refractivity contribution in [3.05, 3.63) is 53.6 Å². The maximum Gasteiger partial charge on any atom is 0.340 e. The maximum absolute atomic E-state index is 12.5. The molecule has 148 valence electrons. The van der Waals surface area contributed by atoms with Gasteiger partial charge in [-0.2, -0.15) is 0 Å².